The van der Waals surface area contributed by atoms with Gasteiger partial charge in [0.2, 0.25) is 5.91 Å². The molecule has 1 atom stereocenters. The fraction of sp³-hybridized carbons (Fsp3) is 0.231. The summed E-state index contributed by atoms with van der Waals surface area (Å²) in [6, 6.07) is 23.5. The van der Waals surface area contributed by atoms with E-state index in [0.29, 0.717) is 17.2 Å². The van der Waals surface area contributed by atoms with E-state index in [0.717, 1.165) is 22.5 Å². The van der Waals surface area contributed by atoms with Gasteiger partial charge in [0.15, 0.2) is 0 Å². The SMILES string of the molecule is Cc1ccc(C(=O)Nc2cccc([C@@H]3SCC(=O)N3c3ccc(C(C)C)cc3)c2)cc1. The molecule has 0 aliphatic carbocycles. The van der Waals surface area contributed by atoms with Crippen molar-refractivity contribution in [2.45, 2.75) is 32.1 Å². The molecule has 2 amide bonds. The van der Waals surface area contributed by atoms with Gasteiger partial charge >= 0.3 is 0 Å². The number of hydrogen-bond acceptors (Lipinski definition) is 3. The highest BCUT2D eigenvalue weighted by Crippen LogP contribution is 2.42. The molecule has 3 aromatic carbocycles. The smallest absolute Gasteiger partial charge is 0.255 e. The van der Waals surface area contributed by atoms with E-state index in [1.807, 2.05) is 72.5 Å². The summed E-state index contributed by atoms with van der Waals surface area (Å²) in [6.07, 6.45) is 0. The van der Waals surface area contributed by atoms with Crippen LogP contribution in [0.3, 0.4) is 0 Å². The molecule has 1 fully saturated rings. The monoisotopic (exact) mass is 430 g/mol. The Bertz CT molecular complexity index is 1090. The molecule has 0 bridgehead atoms. The van der Waals surface area contributed by atoms with Gasteiger partial charge in [0.1, 0.15) is 5.37 Å². The Morgan fingerprint density at radius 3 is 2.42 bits per heavy atom. The van der Waals surface area contributed by atoms with Crippen LogP contribution in [0.1, 0.15) is 52.2 Å². The van der Waals surface area contributed by atoms with Crippen molar-refractivity contribution in [3.63, 3.8) is 0 Å². The van der Waals surface area contributed by atoms with Crippen LogP contribution in [0.5, 0.6) is 0 Å². The topological polar surface area (TPSA) is 49.4 Å². The minimum atomic E-state index is -0.145. The van der Waals surface area contributed by atoms with Crippen LogP contribution in [0.15, 0.2) is 72.8 Å². The normalized spacial score (nSPS) is 16.1. The van der Waals surface area contributed by atoms with E-state index in [1.165, 1.54) is 5.56 Å². The lowest BCUT2D eigenvalue weighted by atomic mass is 10.0. The molecule has 1 N–H and O–H groups in total. The molecule has 0 saturated carbocycles. The summed E-state index contributed by atoms with van der Waals surface area (Å²) >= 11 is 1.61. The summed E-state index contributed by atoms with van der Waals surface area (Å²) in [5.74, 6) is 0.841. The quantitative estimate of drug-likeness (QED) is 0.528. The van der Waals surface area contributed by atoms with Crippen molar-refractivity contribution in [3.8, 4) is 0 Å². The second-order valence-corrected chi connectivity index (χ2v) is 9.19. The molecular formula is C26H26N2O2S. The predicted molar refractivity (Wildman–Crippen MR) is 129 cm³/mol. The summed E-state index contributed by atoms with van der Waals surface area (Å²) in [7, 11) is 0. The zero-order chi connectivity index (χ0) is 22.0. The molecule has 0 unspecified atom stereocenters. The largest absolute Gasteiger partial charge is 0.322 e. The van der Waals surface area contributed by atoms with Crippen LogP contribution in [-0.2, 0) is 4.79 Å². The molecule has 3 aromatic rings. The van der Waals surface area contributed by atoms with Crippen LogP contribution in [0, 0.1) is 6.92 Å². The minimum Gasteiger partial charge on any atom is -0.322 e. The first-order valence-corrected chi connectivity index (χ1v) is 11.5. The molecule has 1 heterocycles. The van der Waals surface area contributed by atoms with Gasteiger partial charge in [-0.25, -0.2) is 0 Å². The van der Waals surface area contributed by atoms with Gasteiger partial charge in [-0.15, -0.1) is 11.8 Å². The molecule has 0 radical (unpaired) electrons. The zero-order valence-corrected chi connectivity index (χ0v) is 18.8. The number of nitrogens with zero attached hydrogens (tertiary/aromatic N) is 1. The van der Waals surface area contributed by atoms with Crippen molar-refractivity contribution < 1.29 is 9.59 Å². The van der Waals surface area contributed by atoms with Gasteiger partial charge in [-0.1, -0.05) is 55.8 Å². The number of anilines is 2. The van der Waals surface area contributed by atoms with Crippen LogP contribution >= 0.6 is 11.8 Å². The van der Waals surface area contributed by atoms with Crippen molar-refractivity contribution in [3.05, 3.63) is 95.1 Å². The van der Waals surface area contributed by atoms with E-state index in [2.05, 4.69) is 31.3 Å². The fourth-order valence-corrected chi connectivity index (χ4v) is 4.81. The van der Waals surface area contributed by atoms with E-state index in [-0.39, 0.29) is 17.2 Å². The standard InChI is InChI=1S/C26H26N2O2S/c1-17(2)19-11-13-23(14-12-19)28-24(29)16-31-26(28)21-5-4-6-22(15-21)27-25(30)20-9-7-18(3)8-10-20/h4-15,17,26H,16H2,1-3H3,(H,27,30)/t26-/m0/s1. The van der Waals surface area contributed by atoms with E-state index >= 15 is 0 Å². The first-order chi connectivity index (χ1) is 14.9. The number of hydrogen-bond donors (Lipinski definition) is 1. The first-order valence-electron chi connectivity index (χ1n) is 10.4. The number of nitrogens with one attached hydrogen (secondary N) is 1. The molecule has 0 spiro atoms. The van der Waals surface area contributed by atoms with Crippen molar-refractivity contribution >= 4 is 35.0 Å². The molecule has 1 aliphatic heterocycles. The van der Waals surface area contributed by atoms with Gasteiger partial charge in [0.05, 0.1) is 5.75 Å². The summed E-state index contributed by atoms with van der Waals surface area (Å²) < 4.78 is 0. The third-order valence-corrected chi connectivity index (χ3v) is 6.66. The van der Waals surface area contributed by atoms with E-state index in [9.17, 15) is 9.59 Å². The average Bonchev–Trinajstić information content (AvgIpc) is 3.16. The summed E-state index contributed by atoms with van der Waals surface area (Å²) in [4.78, 5) is 27.1. The third-order valence-electron chi connectivity index (χ3n) is 5.45. The van der Waals surface area contributed by atoms with E-state index in [1.54, 1.807) is 11.8 Å². The maximum atomic E-state index is 12.7. The average molecular weight is 431 g/mol. The Balaban J connectivity index is 1.56. The molecular weight excluding hydrogens is 404 g/mol. The number of benzene rings is 3. The lowest BCUT2D eigenvalue weighted by Crippen LogP contribution is -2.27. The highest BCUT2D eigenvalue weighted by atomic mass is 32.2. The highest BCUT2D eigenvalue weighted by molar-refractivity contribution is 8.00. The number of carbonyl (C=O) groups excluding carboxylic acids is 2. The zero-order valence-electron chi connectivity index (χ0n) is 18.0. The lowest BCUT2D eigenvalue weighted by molar-refractivity contribution is -0.115. The number of amides is 2. The Morgan fingerprint density at radius 1 is 1.03 bits per heavy atom. The molecule has 1 saturated heterocycles. The summed E-state index contributed by atoms with van der Waals surface area (Å²) in [5.41, 5.74) is 5.60. The Labute approximate surface area is 187 Å². The number of thioether (sulfide) groups is 1. The van der Waals surface area contributed by atoms with Gasteiger partial charge in [-0.05, 0) is 60.4 Å². The summed E-state index contributed by atoms with van der Waals surface area (Å²) in [6.45, 7) is 6.31. The maximum absolute atomic E-state index is 12.7. The summed E-state index contributed by atoms with van der Waals surface area (Å²) in [5, 5.41) is 2.86. The van der Waals surface area contributed by atoms with Crippen LogP contribution in [-0.4, -0.2) is 17.6 Å². The number of rotatable bonds is 5. The molecule has 0 aromatic heterocycles. The van der Waals surface area contributed by atoms with Gasteiger partial charge in [0.25, 0.3) is 5.91 Å². The van der Waals surface area contributed by atoms with Gasteiger partial charge < -0.3 is 5.32 Å². The lowest BCUT2D eigenvalue weighted by Gasteiger charge is -2.25. The predicted octanol–water partition coefficient (Wildman–Crippen LogP) is 6.15. The molecule has 158 valence electrons. The first kappa shape index (κ1) is 21.2. The van der Waals surface area contributed by atoms with Crippen LogP contribution in [0.2, 0.25) is 0 Å². The van der Waals surface area contributed by atoms with Gasteiger partial charge in [-0.3, -0.25) is 14.5 Å². The second-order valence-electron chi connectivity index (χ2n) is 8.12. The Morgan fingerprint density at radius 2 is 1.74 bits per heavy atom. The Hall–Kier alpha value is -3.05. The van der Waals surface area contributed by atoms with Gasteiger partial charge in [0, 0.05) is 16.9 Å². The molecule has 5 heteroatoms. The van der Waals surface area contributed by atoms with Crippen LogP contribution in [0.4, 0.5) is 11.4 Å². The van der Waals surface area contributed by atoms with Crippen LogP contribution in [0.25, 0.3) is 0 Å². The van der Waals surface area contributed by atoms with Crippen molar-refractivity contribution in [1.82, 2.24) is 0 Å². The van der Waals surface area contributed by atoms with Gasteiger partial charge in [-0.2, -0.15) is 0 Å². The van der Waals surface area contributed by atoms with Crippen molar-refractivity contribution in [2.24, 2.45) is 0 Å². The molecule has 1 aliphatic rings. The van der Waals surface area contributed by atoms with E-state index in [4.69, 9.17) is 0 Å². The fourth-order valence-electron chi connectivity index (χ4n) is 3.65. The number of carbonyl (C=O) groups is 2. The number of aryl methyl sites for hydroxylation is 1. The highest BCUT2D eigenvalue weighted by Gasteiger charge is 2.34. The molecule has 4 rings (SSSR count). The van der Waals surface area contributed by atoms with Crippen molar-refractivity contribution in [1.29, 1.82) is 0 Å². The Kier molecular flexibility index (Phi) is 6.14. The molecule has 4 nitrogen and oxygen atoms in total. The maximum Gasteiger partial charge on any atom is 0.255 e. The van der Waals surface area contributed by atoms with E-state index < -0.39 is 0 Å². The van der Waals surface area contributed by atoms with Crippen molar-refractivity contribution in [2.75, 3.05) is 16.0 Å². The molecule has 31 heavy (non-hydrogen) atoms. The minimum absolute atomic E-state index is 0.0985. The van der Waals surface area contributed by atoms with Crippen LogP contribution < -0.4 is 10.2 Å². The third kappa shape index (κ3) is 4.67. The second kappa shape index (κ2) is 8.98.